The number of hydrogen-bond acceptors (Lipinski definition) is 9. The second kappa shape index (κ2) is 9.42. The van der Waals surface area contributed by atoms with E-state index >= 15 is 0 Å². The molecular weight excluding hydrogens is 436 g/mol. The van der Waals surface area contributed by atoms with Gasteiger partial charge in [0.1, 0.15) is 16.2 Å². The van der Waals surface area contributed by atoms with Gasteiger partial charge in [0.2, 0.25) is 0 Å². The SMILES string of the molecule is COCC(C)N1CCN(c2ccnc(Nc3nc4ccc(-c5cn[nH]c5C)nc4s3)c2)CC1. The number of H-pyrrole nitrogens is 1. The molecule has 0 saturated carbocycles. The van der Waals surface area contributed by atoms with Gasteiger partial charge in [0.15, 0.2) is 5.13 Å². The van der Waals surface area contributed by atoms with Crippen LogP contribution in [0.2, 0.25) is 0 Å². The topological polar surface area (TPSA) is 95.1 Å². The van der Waals surface area contributed by atoms with Gasteiger partial charge in [-0.3, -0.25) is 10.00 Å². The number of pyridine rings is 2. The Labute approximate surface area is 196 Å². The summed E-state index contributed by atoms with van der Waals surface area (Å²) >= 11 is 1.52. The lowest BCUT2D eigenvalue weighted by Gasteiger charge is -2.39. The van der Waals surface area contributed by atoms with Crippen LogP contribution in [0.5, 0.6) is 0 Å². The number of nitrogens with one attached hydrogen (secondary N) is 2. The van der Waals surface area contributed by atoms with E-state index < -0.39 is 0 Å². The fourth-order valence-corrected chi connectivity index (χ4v) is 5.04. The van der Waals surface area contributed by atoms with Gasteiger partial charge < -0.3 is 15.0 Å². The minimum absolute atomic E-state index is 0.442. The molecule has 9 nitrogen and oxygen atoms in total. The summed E-state index contributed by atoms with van der Waals surface area (Å²) in [6.07, 6.45) is 3.65. The zero-order chi connectivity index (χ0) is 22.8. The van der Waals surface area contributed by atoms with E-state index in [0.717, 1.165) is 71.0 Å². The van der Waals surface area contributed by atoms with E-state index in [1.807, 2.05) is 25.3 Å². The number of fused-ring (bicyclic) bond motifs is 1. The highest BCUT2D eigenvalue weighted by molar-refractivity contribution is 7.21. The number of rotatable bonds is 7. The molecule has 0 radical (unpaired) electrons. The number of thiazole rings is 1. The van der Waals surface area contributed by atoms with Crippen LogP contribution in [0.25, 0.3) is 21.6 Å². The first-order chi connectivity index (χ1) is 16.1. The maximum Gasteiger partial charge on any atom is 0.190 e. The first kappa shape index (κ1) is 21.7. The number of piperazine rings is 1. The van der Waals surface area contributed by atoms with E-state index in [9.17, 15) is 0 Å². The Hall–Kier alpha value is -3.08. The predicted molar refractivity (Wildman–Crippen MR) is 132 cm³/mol. The van der Waals surface area contributed by atoms with Crippen LogP contribution in [0.3, 0.4) is 0 Å². The van der Waals surface area contributed by atoms with Crippen molar-refractivity contribution in [2.75, 3.05) is 50.1 Å². The number of aryl methyl sites for hydroxylation is 1. The quantitative estimate of drug-likeness (QED) is 0.428. The monoisotopic (exact) mass is 464 g/mol. The fraction of sp³-hybridized carbons (Fsp3) is 0.391. The number of nitrogens with zero attached hydrogens (tertiary/aromatic N) is 6. The first-order valence-electron chi connectivity index (χ1n) is 11.1. The molecule has 0 spiro atoms. The molecule has 172 valence electrons. The molecule has 1 atom stereocenters. The summed E-state index contributed by atoms with van der Waals surface area (Å²) in [6, 6.07) is 8.58. The zero-order valence-corrected chi connectivity index (χ0v) is 19.9. The number of hydrogen-bond donors (Lipinski definition) is 2. The summed E-state index contributed by atoms with van der Waals surface area (Å²) < 4.78 is 5.31. The number of ether oxygens (including phenoxy) is 1. The smallest absolute Gasteiger partial charge is 0.190 e. The predicted octanol–water partition coefficient (Wildman–Crippen LogP) is 3.69. The summed E-state index contributed by atoms with van der Waals surface area (Å²) in [5.41, 5.74) is 4.93. The normalized spacial score (nSPS) is 15.8. The van der Waals surface area contributed by atoms with Gasteiger partial charge in [-0.05, 0) is 32.0 Å². The Morgan fingerprint density at radius 2 is 2.03 bits per heavy atom. The number of aromatic amines is 1. The van der Waals surface area contributed by atoms with Gasteiger partial charge in [-0.15, -0.1) is 0 Å². The summed E-state index contributed by atoms with van der Waals surface area (Å²) in [5.74, 6) is 0.785. The van der Waals surface area contributed by atoms with Crippen molar-refractivity contribution >= 4 is 38.3 Å². The van der Waals surface area contributed by atoms with Gasteiger partial charge in [0.25, 0.3) is 0 Å². The van der Waals surface area contributed by atoms with Gasteiger partial charge in [0, 0.05) is 68.5 Å². The fourth-order valence-electron chi connectivity index (χ4n) is 4.19. The van der Waals surface area contributed by atoms with Crippen LogP contribution in [0, 0.1) is 6.92 Å². The molecule has 5 heterocycles. The summed E-state index contributed by atoms with van der Waals surface area (Å²) in [6.45, 7) is 9.00. The number of aromatic nitrogens is 5. The molecule has 0 amide bonds. The van der Waals surface area contributed by atoms with E-state index in [2.05, 4.69) is 49.4 Å². The first-order valence-corrected chi connectivity index (χ1v) is 11.9. The van der Waals surface area contributed by atoms with Crippen LogP contribution >= 0.6 is 11.3 Å². The van der Waals surface area contributed by atoms with E-state index in [-0.39, 0.29) is 0 Å². The van der Waals surface area contributed by atoms with Crippen LogP contribution in [-0.2, 0) is 4.74 Å². The Balaban J connectivity index is 1.28. The lowest BCUT2D eigenvalue weighted by Crippen LogP contribution is -2.50. The molecule has 10 heteroatoms. The van der Waals surface area contributed by atoms with Crippen LogP contribution in [-0.4, -0.2) is 76.0 Å². The summed E-state index contributed by atoms with van der Waals surface area (Å²) in [7, 11) is 1.76. The van der Waals surface area contributed by atoms with Gasteiger partial charge in [-0.2, -0.15) is 5.10 Å². The third-order valence-electron chi connectivity index (χ3n) is 6.05. The van der Waals surface area contributed by atoms with Gasteiger partial charge in [-0.1, -0.05) is 11.3 Å². The molecule has 33 heavy (non-hydrogen) atoms. The van der Waals surface area contributed by atoms with E-state index in [1.54, 1.807) is 13.3 Å². The van der Waals surface area contributed by atoms with Crippen molar-refractivity contribution in [2.45, 2.75) is 19.9 Å². The molecule has 2 N–H and O–H groups in total. The molecule has 1 fully saturated rings. The maximum atomic E-state index is 5.31. The lowest BCUT2D eigenvalue weighted by molar-refractivity contribution is 0.0953. The highest BCUT2D eigenvalue weighted by Gasteiger charge is 2.21. The van der Waals surface area contributed by atoms with E-state index in [0.29, 0.717) is 6.04 Å². The highest BCUT2D eigenvalue weighted by Crippen LogP contribution is 2.30. The largest absolute Gasteiger partial charge is 0.383 e. The Bertz CT molecular complexity index is 1230. The minimum Gasteiger partial charge on any atom is -0.383 e. The van der Waals surface area contributed by atoms with Gasteiger partial charge in [0.05, 0.1) is 18.5 Å². The molecule has 4 aromatic heterocycles. The molecule has 0 aromatic carbocycles. The third-order valence-corrected chi connectivity index (χ3v) is 6.93. The molecular formula is C23H28N8OS. The minimum atomic E-state index is 0.442. The standard InChI is InChI=1S/C23H28N8OS/c1-15(14-32-3)30-8-10-31(11-9-30)17-6-7-24-21(12-17)28-23-27-20-5-4-19(26-22(20)33-23)18-13-25-29-16(18)2/h4-7,12-13,15H,8-11,14H2,1-3H3,(H,25,29)(H,24,27,28). The molecule has 1 unspecified atom stereocenters. The van der Waals surface area contributed by atoms with Crippen molar-refractivity contribution < 1.29 is 4.74 Å². The van der Waals surface area contributed by atoms with E-state index in [1.165, 1.54) is 17.0 Å². The van der Waals surface area contributed by atoms with Crippen molar-refractivity contribution in [1.29, 1.82) is 0 Å². The lowest BCUT2D eigenvalue weighted by atomic mass is 10.2. The molecule has 1 aliphatic heterocycles. The van der Waals surface area contributed by atoms with Crippen molar-refractivity contribution in [3.05, 3.63) is 42.4 Å². The number of methoxy groups -OCH3 is 1. The Morgan fingerprint density at radius 1 is 1.18 bits per heavy atom. The molecule has 0 aliphatic carbocycles. The van der Waals surface area contributed by atoms with Crippen LogP contribution in [0.15, 0.2) is 36.7 Å². The van der Waals surface area contributed by atoms with E-state index in [4.69, 9.17) is 14.7 Å². The maximum absolute atomic E-state index is 5.31. The number of anilines is 3. The van der Waals surface area contributed by atoms with Crippen molar-refractivity contribution in [2.24, 2.45) is 0 Å². The summed E-state index contributed by atoms with van der Waals surface area (Å²) in [4.78, 5) is 19.7. The van der Waals surface area contributed by atoms with Gasteiger partial charge >= 0.3 is 0 Å². The molecule has 4 aromatic rings. The van der Waals surface area contributed by atoms with Gasteiger partial charge in [-0.25, -0.2) is 15.0 Å². The average Bonchev–Trinajstić information content (AvgIpc) is 3.44. The van der Waals surface area contributed by atoms with Crippen molar-refractivity contribution in [3.63, 3.8) is 0 Å². The second-order valence-electron chi connectivity index (χ2n) is 8.30. The molecule has 1 aliphatic rings. The van der Waals surface area contributed by atoms with Crippen molar-refractivity contribution in [1.82, 2.24) is 30.0 Å². The zero-order valence-electron chi connectivity index (χ0n) is 19.1. The average molecular weight is 465 g/mol. The van der Waals surface area contributed by atoms with Crippen molar-refractivity contribution in [3.8, 4) is 11.3 Å². The highest BCUT2D eigenvalue weighted by atomic mass is 32.1. The third kappa shape index (κ3) is 4.68. The Kier molecular flexibility index (Phi) is 6.21. The molecule has 5 rings (SSSR count). The molecule has 0 bridgehead atoms. The second-order valence-corrected chi connectivity index (χ2v) is 9.28. The van der Waals surface area contributed by atoms with Crippen LogP contribution in [0.4, 0.5) is 16.6 Å². The Morgan fingerprint density at radius 3 is 2.79 bits per heavy atom. The summed E-state index contributed by atoms with van der Waals surface area (Å²) in [5, 5.41) is 11.2. The molecule has 1 saturated heterocycles. The van der Waals surface area contributed by atoms with Crippen LogP contribution in [0.1, 0.15) is 12.6 Å². The van der Waals surface area contributed by atoms with Crippen LogP contribution < -0.4 is 10.2 Å².